The van der Waals surface area contributed by atoms with Gasteiger partial charge in [-0.15, -0.1) is 11.3 Å². The van der Waals surface area contributed by atoms with Gasteiger partial charge in [-0.1, -0.05) is 43.4 Å². The first-order valence-corrected chi connectivity index (χ1v) is 8.60. The fourth-order valence-corrected chi connectivity index (χ4v) is 4.08. The lowest BCUT2D eigenvalue weighted by Crippen LogP contribution is -2.23. The number of hydrogen-bond donors (Lipinski definition) is 1. The molecule has 4 nitrogen and oxygen atoms in total. The van der Waals surface area contributed by atoms with Crippen molar-refractivity contribution in [3.05, 3.63) is 62.5 Å². The second kappa shape index (κ2) is 6.22. The molecule has 23 heavy (non-hydrogen) atoms. The zero-order valence-electron chi connectivity index (χ0n) is 13.0. The predicted molar refractivity (Wildman–Crippen MR) is 99.4 cm³/mol. The van der Waals surface area contributed by atoms with Gasteiger partial charge in [0.2, 0.25) is 0 Å². The van der Waals surface area contributed by atoms with Crippen LogP contribution in [0.4, 0.5) is 0 Å². The Morgan fingerprint density at radius 2 is 2.13 bits per heavy atom. The molecule has 2 aromatic heterocycles. The molecule has 2 N–H and O–H groups in total. The van der Waals surface area contributed by atoms with E-state index in [-0.39, 0.29) is 5.56 Å². The van der Waals surface area contributed by atoms with Gasteiger partial charge in [0.15, 0.2) is 0 Å². The fraction of sp³-hybridized carbons (Fsp3) is 0.235. The minimum Gasteiger partial charge on any atom is -0.389 e. The number of fused-ring (bicyclic) bond motifs is 1. The molecular formula is C17H17N3OS2. The number of benzene rings is 1. The van der Waals surface area contributed by atoms with E-state index in [0.717, 1.165) is 38.2 Å². The summed E-state index contributed by atoms with van der Waals surface area (Å²) in [5.41, 5.74) is 8.59. The zero-order valence-corrected chi connectivity index (χ0v) is 14.6. The Balaban J connectivity index is 2.14. The average Bonchev–Trinajstić information content (AvgIpc) is 2.86. The predicted octanol–water partition coefficient (Wildman–Crippen LogP) is 3.01. The van der Waals surface area contributed by atoms with Crippen molar-refractivity contribution in [1.82, 2.24) is 9.55 Å². The number of rotatable bonds is 4. The highest BCUT2D eigenvalue weighted by Crippen LogP contribution is 2.27. The maximum atomic E-state index is 12.9. The molecule has 3 rings (SSSR count). The van der Waals surface area contributed by atoms with Gasteiger partial charge in [0, 0.05) is 10.4 Å². The third-order valence-corrected chi connectivity index (χ3v) is 5.23. The first-order chi connectivity index (χ1) is 11.0. The molecule has 0 saturated heterocycles. The first kappa shape index (κ1) is 15.8. The van der Waals surface area contributed by atoms with E-state index >= 15 is 0 Å². The van der Waals surface area contributed by atoms with Crippen molar-refractivity contribution in [3.63, 3.8) is 0 Å². The first-order valence-electron chi connectivity index (χ1n) is 7.38. The topological polar surface area (TPSA) is 60.9 Å². The lowest BCUT2D eigenvalue weighted by molar-refractivity contribution is 0.747. The molecule has 0 aliphatic carbocycles. The SMILES string of the molecule is CCc1c(C)sc2ncn(Cc3ccccc3C(N)=S)c(=O)c12. The van der Waals surface area contributed by atoms with Gasteiger partial charge >= 0.3 is 0 Å². The summed E-state index contributed by atoms with van der Waals surface area (Å²) in [5.74, 6) is 0. The maximum absolute atomic E-state index is 12.9. The Morgan fingerprint density at radius 3 is 2.83 bits per heavy atom. The van der Waals surface area contributed by atoms with Gasteiger partial charge in [-0.3, -0.25) is 9.36 Å². The molecule has 0 radical (unpaired) electrons. The van der Waals surface area contributed by atoms with E-state index in [1.54, 1.807) is 22.2 Å². The summed E-state index contributed by atoms with van der Waals surface area (Å²) in [6.45, 7) is 4.51. The lowest BCUT2D eigenvalue weighted by Gasteiger charge is -2.10. The molecule has 118 valence electrons. The van der Waals surface area contributed by atoms with Gasteiger partial charge in [0.25, 0.3) is 5.56 Å². The van der Waals surface area contributed by atoms with Crippen molar-refractivity contribution < 1.29 is 0 Å². The number of thiophene rings is 1. The van der Waals surface area contributed by atoms with Crippen LogP contribution < -0.4 is 11.3 Å². The highest BCUT2D eigenvalue weighted by molar-refractivity contribution is 7.80. The second-order valence-corrected chi connectivity index (χ2v) is 7.01. The summed E-state index contributed by atoms with van der Waals surface area (Å²) in [6.07, 6.45) is 2.44. The summed E-state index contributed by atoms with van der Waals surface area (Å²) >= 11 is 6.67. The van der Waals surface area contributed by atoms with Gasteiger partial charge in [-0.05, 0) is 24.5 Å². The third kappa shape index (κ3) is 2.80. The van der Waals surface area contributed by atoms with Crippen LogP contribution >= 0.6 is 23.6 Å². The van der Waals surface area contributed by atoms with Crippen molar-refractivity contribution in [2.24, 2.45) is 5.73 Å². The highest BCUT2D eigenvalue weighted by Gasteiger charge is 2.14. The van der Waals surface area contributed by atoms with E-state index in [1.807, 2.05) is 31.2 Å². The maximum Gasteiger partial charge on any atom is 0.262 e. The molecular weight excluding hydrogens is 326 g/mol. The molecule has 3 aromatic rings. The Morgan fingerprint density at radius 1 is 1.39 bits per heavy atom. The van der Waals surface area contributed by atoms with Crippen molar-refractivity contribution in [1.29, 1.82) is 0 Å². The Labute approximate surface area is 143 Å². The van der Waals surface area contributed by atoms with Crippen LogP contribution in [0.5, 0.6) is 0 Å². The number of nitrogens with two attached hydrogens (primary N) is 1. The van der Waals surface area contributed by atoms with E-state index in [0.29, 0.717) is 11.5 Å². The number of nitrogens with zero attached hydrogens (tertiary/aromatic N) is 2. The molecule has 1 aromatic carbocycles. The second-order valence-electron chi connectivity index (χ2n) is 5.37. The Bertz CT molecular complexity index is 956. The van der Waals surface area contributed by atoms with Crippen LogP contribution in [-0.2, 0) is 13.0 Å². The minimum atomic E-state index is -0.00561. The van der Waals surface area contributed by atoms with Crippen LogP contribution in [-0.4, -0.2) is 14.5 Å². The molecule has 0 amide bonds. The normalized spacial score (nSPS) is 11.0. The van der Waals surface area contributed by atoms with Crippen LogP contribution in [0.25, 0.3) is 10.2 Å². The van der Waals surface area contributed by atoms with Crippen molar-refractivity contribution in [3.8, 4) is 0 Å². The molecule has 0 aliphatic rings. The van der Waals surface area contributed by atoms with Crippen LogP contribution in [0.15, 0.2) is 35.4 Å². The average molecular weight is 343 g/mol. The quantitative estimate of drug-likeness (QED) is 0.740. The molecule has 0 spiro atoms. The zero-order chi connectivity index (χ0) is 16.6. The monoisotopic (exact) mass is 343 g/mol. The summed E-state index contributed by atoms with van der Waals surface area (Å²) in [6, 6.07) is 7.62. The van der Waals surface area contributed by atoms with Crippen LogP contribution in [0.3, 0.4) is 0 Å². The summed E-state index contributed by atoms with van der Waals surface area (Å²) in [5, 5.41) is 0.741. The Hall–Kier alpha value is -2.05. The summed E-state index contributed by atoms with van der Waals surface area (Å²) < 4.78 is 1.63. The molecule has 2 heterocycles. The lowest BCUT2D eigenvalue weighted by atomic mass is 10.1. The standard InChI is InChI=1S/C17H17N3OS2/c1-3-12-10(2)23-16-14(12)17(21)20(9-19-16)8-11-6-4-5-7-13(11)15(18)22/h4-7,9H,3,8H2,1-2H3,(H2,18,22). The molecule has 0 saturated carbocycles. The minimum absolute atomic E-state index is 0.00561. The molecule has 0 fully saturated rings. The van der Waals surface area contributed by atoms with Crippen LogP contribution in [0, 0.1) is 6.92 Å². The van der Waals surface area contributed by atoms with Gasteiger partial charge in [-0.2, -0.15) is 0 Å². The van der Waals surface area contributed by atoms with Crippen molar-refractivity contribution in [2.75, 3.05) is 0 Å². The molecule has 0 unspecified atom stereocenters. The third-order valence-electron chi connectivity index (χ3n) is 3.96. The van der Waals surface area contributed by atoms with E-state index in [1.165, 1.54) is 0 Å². The highest BCUT2D eigenvalue weighted by atomic mass is 32.1. The van der Waals surface area contributed by atoms with Gasteiger partial charge in [0.1, 0.15) is 9.82 Å². The molecule has 6 heteroatoms. The summed E-state index contributed by atoms with van der Waals surface area (Å²) in [7, 11) is 0. The number of thiocarbonyl (C=S) groups is 1. The van der Waals surface area contributed by atoms with Crippen LogP contribution in [0.1, 0.15) is 28.5 Å². The van der Waals surface area contributed by atoms with E-state index in [4.69, 9.17) is 18.0 Å². The van der Waals surface area contributed by atoms with E-state index in [9.17, 15) is 4.79 Å². The number of aryl methyl sites for hydroxylation is 2. The number of hydrogen-bond acceptors (Lipinski definition) is 4. The fourth-order valence-electron chi connectivity index (χ4n) is 2.81. The Kier molecular flexibility index (Phi) is 4.28. The smallest absolute Gasteiger partial charge is 0.262 e. The van der Waals surface area contributed by atoms with E-state index < -0.39 is 0 Å². The molecule has 0 aliphatic heterocycles. The van der Waals surface area contributed by atoms with E-state index in [2.05, 4.69) is 11.9 Å². The van der Waals surface area contributed by atoms with Gasteiger partial charge in [0.05, 0.1) is 18.3 Å². The van der Waals surface area contributed by atoms with Crippen molar-refractivity contribution in [2.45, 2.75) is 26.8 Å². The molecule has 0 atom stereocenters. The largest absolute Gasteiger partial charge is 0.389 e. The van der Waals surface area contributed by atoms with Crippen LogP contribution in [0.2, 0.25) is 0 Å². The van der Waals surface area contributed by atoms with Crippen molar-refractivity contribution >= 4 is 38.8 Å². The number of aromatic nitrogens is 2. The molecule has 0 bridgehead atoms. The van der Waals surface area contributed by atoms with Gasteiger partial charge in [-0.25, -0.2) is 4.98 Å². The van der Waals surface area contributed by atoms with Gasteiger partial charge < -0.3 is 5.73 Å². The summed E-state index contributed by atoms with van der Waals surface area (Å²) in [4.78, 5) is 19.6.